The minimum Gasteiger partial charge on any atom is -0.352 e. The lowest BCUT2D eigenvalue weighted by atomic mass is 10.0. The highest BCUT2D eigenvalue weighted by atomic mass is 16.1. The Balaban J connectivity index is 1.24. The molecular weight excluding hydrogens is 370 g/mol. The van der Waals surface area contributed by atoms with Gasteiger partial charge in [0.2, 0.25) is 5.91 Å². The molecule has 1 amide bonds. The van der Waals surface area contributed by atoms with Gasteiger partial charge in [-0.15, -0.1) is 0 Å². The molecule has 0 fully saturated rings. The Morgan fingerprint density at radius 2 is 1.77 bits per heavy atom. The van der Waals surface area contributed by atoms with Crippen molar-refractivity contribution in [1.29, 1.82) is 0 Å². The quantitative estimate of drug-likeness (QED) is 0.453. The van der Waals surface area contributed by atoms with E-state index in [1.54, 1.807) is 0 Å². The van der Waals surface area contributed by atoms with Crippen LogP contribution in [0.25, 0.3) is 10.8 Å². The van der Waals surface area contributed by atoms with Gasteiger partial charge in [0.25, 0.3) is 0 Å². The first-order chi connectivity index (χ1) is 14.7. The summed E-state index contributed by atoms with van der Waals surface area (Å²) < 4.78 is 2.12. The van der Waals surface area contributed by atoms with E-state index in [1.165, 1.54) is 21.9 Å². The molecule has 1 heterocycles. The Bertz CT molecular complexity index is 1150. The van der Waals surface area contributed by atoms with Crippen molar-refractivity contribution in [3.63, 3.8) is 0 Å². The highest BCUT2D eigenvalue weighted by molar-refractivity contribution is 5.83. The molecule has 0 atom stereocenters. The number of nitrogens with zero attached hydrogens (tertiary/aromatic N) is 2. The summed E-state index contributed by atoms with van der Waals surface area (Å²) in [5.74, 6) is 1.10. The summed E-state index contributed by atoms with van der Waals surface area (Å²) in [4.78, 5) is 16.5. The maximum Gasteiger partial charge on any atom is 0.220 e. The van der Waals surface area contributed by atoms with Crippen molar-refractivity contribution in [2.75, 3.05) is 0 Å². The van der Waals surface area contributed by atoms with Crippen molar-refractivity contribution in [2.24, 2.45) is 0 Å². The van der Waals surface area contributed by atoms with E-state index in [2.05, 4.69) is 75.5 Å². The monoisotopic (exact) mass is 397 g/mol. The van der Waals surface area contributed by atoms with Crippen LogP contribution < -0.4 is 5.32 Å². The zero-order valence-corrected chi connectivity index (χ0v) is 17.3. The lowest BCUT2D eigenvalue weighted by Crippen LogP contribution is -2.22. The number of carbonyl (C=O) groups is 1. The SMILES string of the molecule is Cc1nccn1Cc1cccc(CNC(=O)CCCc2ccc3ccccc3c2)c1. The summed E-state index contributed by atoms with van der Waals surface area (Å²) in [6, 6.07) is 23.3. The third-order valence-corrected chi connectivity index (χ3v) is 5.44. The number of carbonyl (C=O) groups excluding carboxylic acids is 1. The zero-order valence-electron chi connectivity index (χ0n) is 17.3. The van der Waals surface area contributed by atoms with Gasteiger partial charge in [-0.05, 0) is 47.2 Å². The summed E-state index contributed by atoms with van der Waals surface area (Å²) in [6.07, 6.45) is 6.11. The van der Waals surface area contributed by atoms with E-state index < -0.39 is 0 Å². The molecule has 4 heteroatoms. The second-order valence-corrected chi connectivity index (χ2v) is 7.73. The standard InChI is InChI=1S/C26H27N3O/c1-20-27-14-15-29(20)19-23-8-4-7-22(16-23)18-28-26(30)11-5-6-21-12-13-24-9-2-3-10-25(24)17-21/h2-4,7-10,12-17H,5-6,11,18-19H2,1H3,(H,28,30). The van der Waals surface area contributed by atoms with Gasteiger partial charge in [0.05, 0.1) is 0 Å². The van der Waals surface area contributed by atoms with E-state index in [0.717, 1.165) is 30.8 Å². The highest BCUT2D eigenvalue weighted by Crippen LogP contribution is 2.17. The molecular formula is C26H27N3O. The average molecular weight is 398 g/mol. The minimum absolute atomic E-state index is 0.103. The van der Waals surface area contributed by atoms with Crippen LogP contribution in [0, 0.1) is 6.92 Å². The molecule has 4 rings (SSSR count). The Hall–Kier alpha value is -3.40. The first-order valence-electron chi connectivity index (χ1n) is 10.5. The first kappa shape index (κ1) is 19.9. The van der Waals surface area contributed by atoms with E-state index in [-0.39, 0.29) is 5.91 Å². The van der Waals surface area contributed by atoms with Crippen molar-refractivity contribution in [2.45, 2.75) is 39.3 Å². The van der Waals surface area contributed by atoms with Gasteiger partial charge in [0.15, 0.2) is 0 Å². The third-order valence-electron chi connectivity index (χ3n) is 5.44. The van der Waals surface area contributed by atoms with Crippen LogP contribution in [0.15, 0.2) is 79.1 Å². The Morgan fingerprint density at radius 1 is 0.933 bits per heavy atom. The molecule has 152 valence electrons. The van der Waals surface area contributed by atoms with Crippen molar-refractivity contribution in [1.82, 2.24) is 14.9 Å². The van der Waals surface area contributed by atoms with Gasteiger partial charge in [0.1, 0.15) is 5.82 Å². The first-order valence-corrected chi connectivity index (χ1v) is 10.5. The molecule has 4 aromatic rings. The van der Waals surface area contributed by atoms with Crippen LogP contribution in [-0.2, 0) is 24.3 Å². The lowest BCUT2D eigenvalue weighted by Gasteiger charge is -2.09. The molecule has 0 spiro atoms. The number of hydrogen-bond donors (Lipinski definition) is 1. The number of fused-ring (bicyclic) bond motifs is 1. The van der Waals surface area contributed by atoms with Crippen molar-refractivity contribution < 1.29 is 4.79 Å². The van der Waals surface area contributed by atoms with Crippen LogP contribution in [0.4, 0.5) is 0 Å². The smallest absolute Gasteiger partial charge is 0.220 e. The normalized spacial score (nSPS) is 11.0. The number of hydrogen-bond acceptors (Lipinski definition) is 2. The van der Waals surface area contributed by atoms with Crippen LogP contribution in [-0.4, -0.2) is 15.5 Å². The van der Waals surface area contributed by atoms with Crippen LogP contribution in [0.2, 0.25) is 0 Å². The van der Waals surface area contributed by atoms with Crippen LogP contribution in [0.1, 0.15) is 35.4 Å². The maximum absolute atomic E-state index is 12.3. The molecule has 0 aliphatic carbocycles. The molecule has 30 heavy (non-hydrogen) atoms. The highest BCUT2D eigenvalue weighted by Gasteiger charge is 2.04. The number of nitrogens with one attached hydrogen (secondary N) is 1. The molecule has 0 aliphatic heterocycles. The predicted molar refractivity (Wildman–Crippen MR) is 121 cm³/mol. The van der Waals surface area contributed by atoms with E-state index in [9.17, 15) is 4.79 Å². The van der Waals surface area contributed by atoms with E-state index in [1.807, 2.05) is 25.4 Å². The molecule has 0 saturated carbocycles. The van der Waals surface area contributed by atoms with E-state index >= 15 is 0 Å². The molecule has 0 radical (unpaired) electrons. The van der Waals surface area contributed by atoms with Crippen LogP contribution >= 0.6 is 0 Å². The second kappa shape index (κ2) is 9.40. The zero-order chi connectivity index (χ0) is 20.8. The van der Waals surface area contributed by atoms with E-state index in [0.29, 0.717) is 13.0 Å². The summed E-state index contributed by atoms with van der Waals surface area (Å²) in [5.41, 5.74) is 3.61. The number of aryl methyl sites for hydroxylation is 2. The van der Waals surface area contributed by atoms with Gasteiger partial charge >= 0.3 is 0 Å². The molecule has 0 saturated heterocycles. The summed E-state index contributed by atoms with van der Waals surface area (Å²) in [7, 11) is 0. The van der Waals surface area contributed by atoms with Gasteiger partial charge in [-0.25, -0.2) is 4.98 Å². The average Bonchev–Trinajstić information content (AvgIpc) is 3.17. The minimum atomic E-state index is 0.103. The number of aromatic nitrogens is 2. The maximum atomic E-state index is 12.3. The fourth-order valence-electron chi connectivity index (χ4n) is 3.74. The third kappa shape index (κ3) is 5.15. The summed E-state index contributed by atoms with van der Waals surface area (Å²) in [5, 5.41) is 5.56. The fraction of sp³-hybridized carbons (Fsp3) is 0.231. The Kier molecular flexibility index (Phi) is 6.23. The van der Waals surface area contributed by atoms with Crippen molar-refractivity contribution >= 4 is 16.7 Å². The number of amides is 1. The van der Waals surface area contributed by atoms with Gasteiger partial charge in [-0.2, -0.15) is 0 Å². The fourth-order valence-corrected chi connectivity index (χ4v) is 3.74. The Morgan fingerprint density at radius 3 is 2.60 bits per heavy atom. The predicted octanol–water partition coefficient (Wildman–Crippen LogP) is 5.03. The van der Waals surface area contributed by atoms with Gasteiger partial charge in [-0.3, -0.25) is 4.79 Å². The number of benzene rings is 3. The van der Waals surface area contributed by atoms with Crippen LogP contribution in [0.3, 0.4) is 0 Å². The Labute approximate surface area is 177 Å². The molecule has 3 aromatic carbocycles. The number of imidazole rings is 1. The summed E-state index contributed by atoms with van der Waals surface area (Å²) in [6.45, 7) is 3.35. The molecule has 0 unspecified atom stereocenters. The van der Waals surface area contributed by atoms with Crippen molar-refractivity contribution in [3.05, 3.63) is 102 Å². The molecule has 0 bridgehead atoms. The molecule has 1 N–H and O–H groups in total. The summed E-state index contributed by atoms with van der Waals surface area (Å²) >= 11 is 0. The largest absolute Gasteiger partial charge is 0.352 e. The topological polar surface area (TPSA) is 46.9 Å². The van der Waals surface area contributed by atoms with E-state index in [4.69, 9.17) is 0 Å². The lowest BCUT2D eigenvalue weighted by molar-refractivity contribution is -0.121. The number of rotatable bonds is 8. The van der Waals surface area contributed by atoms with Gasteiger partial charge in [-0.1, -0.05) is 66.7 Å². The molecule has 1 aromatic heterocycles. The van der Waals surface area contributed by atoms with Gasteiger partial charge in [0, 0.05) is 31.9 Å². The van der Waals surface area contributed by atoms with Crippen LogP contribution in [0.5, 0.6) is 0 Å². The second-order valence-electron chi connectivity index (χ2n) is 7.73. The van der Waals surface area contributed by atoms with Gasteiger partial charge < -0.3 is 9.88 Å². The molecule has 0 aliphatic rings. The molecule has 4 nitrogen and oxygen atoms in total. The van der Waals surface area contributed by atoms with Crippen molar-refractivity contribution in [3.8, 4) is 0 Å².